The molecule has 114 valence electrons. The number of carbonyl (C=O) groups is 1. The number of quaternary nitrogens is 1. The fourth-order valence-corrected chi connectivity index (χ4v) is 6.18. The summed E-state index contributed by atoms with van der Waals surface area (Å²) < 4.78 is 5.67. The molecule has 0 heterocycles. The molecule has 20 heavy (non-hydrogen) atoms. The highest BCUT2D eigenvalue weighted by molar-refractivity contribution is 5.77. The zero-order chi connectivity index (χ0) is 14.6. The minimum atomic E-state index is -0.148. The fourth-order valence-electron chi connectivity index (χ4n) is 6.18. The van der Waals surface area contributed by atoms with Crippen molar-refractivity contribution >= 4 is 5.97 Å². The van der Waals surface area contributed by atoms with E-state index in [-0.39, 0.29) is 11.4 Å². The van der Waals surface area contributed by atoms with Gasteiger partial charge in [-0.05, 0) is 55.3 Å². The van der Waals surface area contributed by atoms with Gasteiger partial charge in [0.2, 0.25) is 0 Å². The first-order valence-corrected chi connectivity index (χ1v) is 8.21. The zero-order valence-corrected chi connectivity index (χ0v) is 13.6. The van der Waals surface area contributed by atoms with Crippen LogP contribution in [-0.4, -0.2) is 33.2 Å². The minimum Gasteiger partial charge on any atom is -0.459 e. The van der Waals surface area contributed by atoms with Crippen LogP contribution in [0.15, 0.2) is 0 Å². The molecule has 0 spiro atoms. The third kappa shape index (κ3) is 2.38. The Morgan fingerprint density at radius 3 is 2.20 bits per heavy atom. The van der Waals surface area contributed by atoms with Crippen LogP contribution in [0.25, 0.3) is 0 Å². The number of esters is 1. The van der Waals surface area contributed by atoms with Gasteiger partial charge in [0.15, 0.2) is 0 Å². The van der Waals surface area contributed by atoms with Gasteiger partial charge in [0, 0.05) is 0 Å². The van der Waals surface area contributed by atoms with E-state index in [1.807, 2.05) is 0 Å². The van der Waals surface area contributed by atoms with Crippen LogP contribution in [0.4, 0.5) is 0 Å². The van der Waals surface area contributed by atoms with E-state index >= 15 is 0 Å². The Morgan fingerprint density at radius 2 is 1.70 bits per heavy atom. The van der Waals surface area contributed by atoms with E-state index in [1.165, 1.54) is 24.2 Å². The van der Waals surface area contributed by atoms with Gasteiger partial charge in [-0.1, -0.05) is 13.8 Å². The second-order valence-corrected chi connectivity index (χ2v) is 9.00. The summed E-state index contributed by atoms with van der Waals surface area (Å²) in [6.07, 6.45) is 7.21. The van der Waals surface area contributed by atoms with Crippen LogP contribution in [0, 0.1) is 22.2 Å². The van der Waals surface area contributed by atoms with Crippen molar-refractivity contribution in [1.82, 2.24) is 0 Å². The van der Waals surface area contributed by atoms with E-state index in [2.05, 4.69) is 27.9 Å². The number of rotatable bonds is 4. The second kappa shape index (κ2) is 4.46. The molecule has 2 unspecified atom stereocenters. The number of carbonyl (C=O) groups excluding carboxylic acids is 1. The highest BCUT2D eigenvalue weighted by atomic mass is 16.5. The molecular weight excluding hydrogens is 250 g/mol. The van der Waals surface area contributed by atoms with E-state index in [0.29, 0.717) is 17.4 Å². The van der Waals surface area contributed by atoms with Crippen LogP contribution in [0.5, 0.6) is 0 Å². The van der Waals surface area contributed by atoms with Crippen molar-refractivity contribution in [2.75, 3.05) is 27.2 Å². The van der Waals surface area contributed by atoms with E-state index in [9.17, 15) is 4.79 Å². The van der Waals surface area contributed by atoms with E-state index in [4.69, 9.17) is 4.74 Å². The van der Waals surface area contributed by atoms with Crippen molar-refractivity contribution in [2.45, 2.75) is 52.4 Å². The van der Waals surface area contributed by atoms with Gasteiger partial charge < -0.3 is 9.64 Å². The van der Waals surface area contributed by atoms with Gasteiger partial charge in [-0.2, -0.15) is 0 Å². The SMILES string of the molecule is C[NH+](C)CCOC(=O)C12CC3C[C@@](C)(C1)C[C@](C)(C3)C2. The Bertz CT molecular complexity index is 399. The van der Waals surface area contributed by atoms with Gasteiger partial charge in [-0.25, -0.2) is 0 Å². The molecule has 4 aliphatic rings. The predicted octanol–water partition coefficient (Wildman–Crippen LogP) is 1.67. The first kappa shape index (κ1) is 14.4. The summed E-state index contributed by atoms with van der Waals surface area (Å²) >= 11 is 0. The molecule has 4 aliphatic carbocycles. The molecule has 3 nitrogen and oxygen atoms in total. The molecular formula is C17H30NO2+. The van der Waals surface area contributed by atoms with Crippen molar-refractivity contribution in [3.05, 3.63) is 0 Å². The first-order valence-electron chi connectivity index (χ1n) is 8.21. The minimum absolute atomic E-state index is 0.111. The molecule has 0 amide bonds. The van der Waals surface area contributed by atoms with Gasteiger partial charge in [-0.15, -0.1) is 0 Å². The van der Waals surface area contributed by atoms with E-state index in [0.717, 1.165) is 31.7 Å². The van der Waals surface area contributed by atoms with Crippen molar-refractivity contribution in [1.29, 1.82) is 0 Å². The summed E-state index contributed by atoms with van der Waals surface area (Å²) in [5, 5.41) is 0. The smallest absolute Gasteiger partial charge is 0.312 e. The average molecular weight is 280 g/mol. The molecule has 0 aromatic carbocycles. The monoisotopic (exact) mass is 280 g/mol. The van der Waals surface area contributed by atoms with Gasteiger partial charge in [-0.3, -0.25) is 4.79 Å². The number of hydrogen-bond acceptors (Lipinski definition) is 2. The third-order valence-electron chi connectivity index (χ3n) is 5.89. The molecule has 0 aromatic heterocycles. The molecule has 0 aromatic rings. The lowest BCUT2D eigenvalue weighted by Crippen LogP contribution is -3.06. The summed E-state index contributed by atoms with van der Waals surface area (Å²) in [6, 6.07) is 0. The van der Waals surface area contributed by atoms with Crippen LogP contribution in [-0.2, 0) is 9.53 Å². The second-order valence-electron chi connectivity index (χ2n) is 9.00. The van der Waals surface area contributed by atoms with Gasteiger partial charge >= 0.3 is 5.97 Å². The Kier molecular flexibility index (Phi) is 3.20. The Hall–Kier alpha value is -0.570. The predicted molar refractivity (Wildman–Crippen MR) is 78.5 cm³/mol. The lowest BCUT2D eigenvalue weighted by atomic mass is 9.40. The Labute approximate surface area is 123 Å². The van der Waals surface area contributed by atoms with Crippen LogP contribution in [0.2, 0.25) is 0 Å². The maximum Gasteiger partial charge on any atom is 0.312 e. The average Bonchev–Trinajstić information content (AvgIpc) is 2.22. The fraction of sp³-hybridized carbons (Fsp3) is 0.941. The molecule has 3 heteroatoms. The molecule has 4 fully saturated rings. The molecule has 4 bridgehead atoms. The molecule has 0 aliphatic heterocycles. The maximum absolute atomic E-state index is 12.7. The zero-order valence-electron chi connectivity index (χ0n) is 13.6. The summed E-state index contributed by atoms with van der Waals surface area (Å²) in [7, 11) is 4.20. The summed E-state index contributed by atoms with van der Waals surface area (Å²) in [4.78, 5) is 14.1. The third-order valence-corrected chi connectivity index (χ3v) is 5.89. The van der Waals surface area contributed by atoms with Gasteiger partial charge in [0.1, 0.15) is 13.2 Å². The molecule has 4 rings (SSSR count). The number of ether oxygens (including phenoxy) is 1. The standard InChI is InChI=1S/C17H29NO2/c1-15-7-13-8-16(2,10-15)12-17(9-13,11-15)14(19)20-6-5-18(3)4/h13H,5-12H2,1-4H3/p+1/t13?,15-,16+,17?. The molecule has 1 N–H and O–H groups in total. The Morgan fingerprint density at radius 1 is 1.10 bits per heavy atom. The summed E-state index contributed by atoms with van der Waals surface area (Å²) in [5.41, 5.74) is 0.629. The Balaban J connectivity index is 1.73. The molecule has 0 radical (unpaired) electrons. The highest BCUT2D eigenvalue weighted by Gasteiger charge is 2.63. The largest absolute Gasteiger partial charge is 0.459 e. The van der Waals surface area contributed by atoms with Crippen molar-refractivity contribution < 1.29 is 14.4 Å². The van der Waals surface area contributed by atoms with Crippen LogP contribution in [0.1, 0.15) is 52.4 Å². The normalized spacial score (nSPS) is 46.0. The first-order chi connectivity index (χ1) is 9.24. The number of likely N-dealkylation sites (N-methyl/N-ethyl adjacent to an activating group) is 1. The van der Waals surface area contributed by atoms with E-state index in [1.54, 1.807) is 0 Å². The summed E-state index contributed by atoms with van der Waals surface area (Å²) in [5.74, 6) is 0.869. The van der Waals surface area contributed by atoms with Crippen molar-refractivity contribution in [2.24, 2.45) is 22.2 Å². The van der Waals surface area contributed by atoms with Crippen molar-refractivity contribution in [3.8, 4) is 0 Å². The summed E-state index contributed by atoms with van der Waals surface area (Å²) in [6.45, 7) is 6.28. The molecule has 4 saturated carbocycles. The van der Waals surface area contributed by atoms with Crippen LogP contribution < -0.4 is 4.90 Å². The van der Waals surface area contributed by atoms with Crippen molar-refractivity contribution in [3.63, 3.8) is 0 Å². The van der Waals surface area contributed by atoms with Gasteiger partial charge in [0.05, 0.1) is 19.5 Å². The maximum atomic E-state index is 12.7. The molecule has 0 saturated heterocycles. The van der Waals surface area contributed by atoms with Crippen LogP contribution in [0.3, 0.4) is 0 Å². The quantitative estimate of drug-likeness (QED) is 0.794. The topological polar surface area (TPSA) is 30.7 Å². The lowest BCUT2D eigenvalue weighted by molar-refractivity contribution is -0.858. The molecule has 4 atom stereocenters. The van der Waals surface area contributed by atoms with Gasteiger partial charge in [0.25, 0.3) is 0 Å². The highest BCUT2D eigenvalue weighted by Crippen LogP contribution is 2.69. The lowest BCUT2D eigenvalue weighted by Gasteiger charge is -2.64. The van der Waals surface area contributed by atoms with Crippen LogP contribution >= 0.6 is 0 Å². The van der Waals surface area contributed by atoms with E-state index < -0.39 is 0 Å². The number of nitrogens with one attached hydrogen (secondary N) is 1. The number of hydrogen-bond donors (Lipinski definition) is 1.